The van der Waals surface area contributed by atoms with Gasteiger partial charge in [0, 0.05) is 13.6 Å². The lowest BCUT2D eigenvalue weighted by atomic mass is 10.1. The molecule has 0 radical (unpaired) electrons. The summed E-state index contributed by atoms with van der Waals surface area (Å²) in [6.45, 7) is 6.99. The predicted octanol–water partition coefficient (Wildman–Crippen LogP) is 2.87. The van der Waals surface area contributed by atoms with Crippen LogP contribution in [0.2, 0.25) is 0 Å². The van der Waals surface area contributed by atoms with Crippen LogP contribution in [0, 0.1) is 6.92 Å². The molecule has 88 valence electrons. The molecule has 3 heteroatoms. The van der Waals surface area contributed by atoms with Crippen LogP contribution >= 0.6 is 0 Å². The Bertz CT molecular complexity index is 386. The third-order valence-electron chi connectivity index (χ3n) is 2.67. The molecule has 1 aromatic carbocycles. The number of aliphatic imine (C=N–C) groups is 1. The van der Waals surface area contributed by atoms with E-state index in [1.165, 1.54) is 0 Å². The number of aromatic hydroxyl groups is 1. The van der Waals surface area contributed by atoms with Crippen LogP contribution in [0.15, 0.2) is 17.1 Å². The molecule has 0 saturated carbocycles. The zero-order valence-corrected chi connectivity index (χ0v) is 10.5. The molecule has 0 bridgehead atoms. The average Bonchev–Trinajstić information content (AvgIpc) is 2.27. The van der Waals surface area contributed by atoms with Gasteiger partial charge in [0.15, 0.2) is 0 Å². The zero-order valence-electron chi connectivity index (χ0n) is 10.5. The molecule has 0 heterocycles. The summed E-state index contributed by atoms with van der Waals surface area (Å²) in [5.74, 6) is 0.364. The lowest BCUT2D eigenvalue weighted by Crippen LogP contribution is -2.14. The van der Waals surface area contributed by atoms with Crippen LogP contribution in [0.1, 0.15) is 25.0 Å². The maximum absolute atomic E-state index is 9.68. The van der Waals surface area contributed by atoms with Gasteiger partial charge >= 0.3 is 0 Å². The molecule has 1 rings (SSSR count). The SMILES string of the molecule is CCc1cc(N=CN(C)CC)c(C)cc1O. The topological polar surface area (TPSA) is 35.8 Å². The molecular weight excluding hydrogens is 200 g/mol. The van der Waals surface area contributed by atoms with Crippen molar-refractivity contribution in [3.8, 4) is 5.75 Å². The molecule has 1 aromatic rings. The molecule has 0 aliphatic carbocycles. The van der Waals surface area contributed by atoms with Gasteiger partial charge in [-0.25, -0.2) is 4.99 Å². The molecule has 0 amide bonds. The van der Waals surface area contributed by atoms with Crippen molar-refractivity contribution in [3.63, 3.8) is 0 Å². The summed E-state index contributed by atoms with van der Waals surface area (Å²) in [5, 5.41) is 9.68. The van der Waals surface area contributed by atoms with Gasteiger partial charge in [-0.15, -0.1) is 0 Å². The van der Waals surface area contributed by atoms with Crippen molar-refractivity contribution in [3.05, 3.63) is 23.3 Å². The van der Waals surface area contributed by atoms with Gasteiger partial charge in [0.05, 0.1) is 12.0 Å². The second kappa shape index (κ2) is 5.54. The van der Waals surface area contributed by atoms with Crippen LogP contribution in [0.5, 0.6) is 5.75 Å². The van der Waals surface area contributed by atoms with E-state index in [4.69, 9.17) is 0 Å². The Labute approximate surface area is 97.4 Å². The standard InChI is InChI=1S/C13H20N2O/c1-5-11-8-12(10(3)7-13(11)16)14-9-15(4)6-2/h7-9,16H,5-6H2,1-4H3. The fraction of sp³-hybridized carbons (Fsp3) is 0.462. The van der Waals surface area contributed by atoms with Gasteiger partial charge in [-0.2, -0.15) is 0 Å². The normalized spacial score (nSPS) is 11.0. The van der Waals surface area contributed by atoms with E-state index in [2.05, 4.69) is 11.9 Å². The number of nitrogens with zero attached hydrogens (tertiary/aromatic N) is 2. The summed E-state index contributed by atoms with van der Waals surface area (Å²) < 4.78 is 0. The summed E-state index contributed by atoms with van der Waals surface area (Å²) in [5.41, 5.74) is 2.86. The minimum atomic E-state index is 0.364. The highest BCUT2D eigenvalue weighted by Crippen LogP contribution is 2.27. The van der Waals surface area contributed by atoms with Crippen LogP contribution in [0.25, 0.3) is 0 Å². The highest BCUT2D eigenvalue weighted by atomic mass is 16.3. The Morgan fingerprint density at radius 2 is 2.06 bits per heavy atom. The van der Waals surface area contributed by atoms with Gasteiger partial charge in [-0.3, -0.25) is 0 Å². The highest BCUT2D eigenvalue weighted by molar-refractivity contribution is 5.64. The smallest absolute Gasteiger partial charge is 0.119 e. The lowest BCUT2D eigenvalue weighted by molar-refractivity contribution is 0.468. The molecule has 0 unspecified atom stereocenters. The van der Waals surface area contributed by atoms with Crippen LogP contribution in [-0.2, 0) is 6.42 Å². The number of phenols is 1. The fourth-order valence-electron chi connectivity index (χ4n) is 1.39. The van der Waals surface area contributed by atoms with E-state index in [0.717, 1.165) is 29.8 Å². The first-order chi connectivity index (χ1) is 7.58. The molecule has 3 nitrogen and oxygen atoms in total. The van der Waals surface area contributed by atoms with Crippen LogP contribution < -0.4 is 0 Å². The number of hydrogen-bond acceptors (Lipinski definition) is 2. The van der Waals surface area contributed by atoms with Crippen LogP contribution in [0.4, 0.5) is 5.69 Å². The zero-order chi connectivity index (χ0) is 12.1. The lowest BCUT2D eigenvalue weighted by Gasteiger charge is -2.10. The summed E-state index contributed by atoms with van der Waals surface area (Å²) in [6.07, 6.45) is 2.64. The van der Waals surface area contributed by atoms with Crippen LogP contribution in [0.3, 0.4) is 0 Å². The summed E-state index contributed by atoms with van der Waals surface area (Å²) in [6, 6.07) is 3.72. The molecule has 0 aliphatic rings. The predicted molar refractivity (Wildman–Crippen MR) is 68.7 cm³/mol. The Hall–Kier alpha value is -1.51. The van der Waals surface area contributed by atoms with Crippen molar-refractivity contribution in [2.45, 2.75) is 27.2 Å². The number of rotatable bonds is 4. The Kier molecular flexibility index (Phi) is 4.35. The average molecular weight is 220 g/mol. The van der Waals surface area contributed by atoms with Gasteiger partial charge in [-0.1, -0.05) is 6.92 Å². The van der Waals surface area contributed by atoms with Crippen molar-refractivity contribution in [2.75, 3.05) is 13.6 Å². The first-order valence-corrected chi connectivity index (χ1v) is 5.65. The number of benzene rings is 1. The number of hydrogen-bond donors (Lipinski definition) is 1. The maximum Gasteiger partial charge on any atom is 0.119 e. The van der Waals surface area contributed by atoms with Crippen molar-refractivity contribution >= 4 is 12.0 Å². The second-order valence-electron chi connectivity index (χ2n) is 3.94. The Morgan fingerprint density at radius 3 is 2.62 bits per heavy atom. The van der Waals surface area contributed by atoms with Gasteiger partial charge in [0.25, 0.3) is 0 Å². The fourth-order valence-corrected chi connectivity index (χ4v) is 1.39. The summed E-state index contributed by atoms with van der Waals surface area (Å²) in [7, 11) is 1.99. The molecule has 0 spiro atoms. The van der Waals surface area contributed by atoms with Gasteiger partial charge in [0.2, 0.25) is 0 Å². The van der Waals surface area contributed by atoms with E-state index in [-0.39, 0.29) is 0 Å². The number of aryl methyl sites for hydroxylation is 2. The largest absolute Gasteiger partial charge is 0.508 e. The summed E-state index contributed by atoms with van der Waals surface area (Å²) in [4.78, 5) is 6.43. The van der Waals surface area contributed by atoms with E-state index in [1.807, 2.05) is 38.2 Å². The monoisotopic (exact) mass is 220 g/mol. The van der Waals surface area contributed by atoms with Crippen molar-refractivity contribution in [1.29, 1.82) is 0 Å². The molecule has 0 aromatic heterocycles. The van der Waals surface area contributed by atoms with Crippen LogP contribution in [-0.4, -0.2) is 29.9 Å². The van der Waals surface area contributed by atoms with Gasteiger partial charge in [0.1, 0.15) is 5.75 Å². The van der Waals surface area contributed by atoms with E-state index in [0.29, 0.717) is 5.75 Å². The van der Waals surface area contributed by atoms with E-state index >= 15 is 0 Å². The molecule has 16 heavy (non-hydrogen) atoms. The first kappa shape index (κ1) is 12.6. The highest BCUT2D eigenvalue weighted by Gasteiger charge is 2.04. The minimum absolute atomic E-state index is 0.364. The second-order valence-corrected chi connectivity index (χ2v) is 3.94. The minimum Gasteiger partial charge on any atom is -0.508 e. The third-order valence-corrected chi connectivity index (χ3v) is 2.67. The first-order valence-electron chi connectivity index (χ1n) is 5.65. The van der Waals surface area contributed by atoms with E-state index in [9.17, 15) is 5.11 Å². The van der Waals surface area contributed by atoms with Gasteiger partial charge < -0.3 is 10.0 Å². The molecular formula is C13H20N2O. The number of phenolic OH excluding ortho intramolecular Hbond substituents is 1. The molecule has 1 N–H and O–H groups in total. The summed E-state index contributed by atoms with van der Waals surface area (Å²) >= 11 is 0. The van der Waals surface area contributed by atoms with Gasteiger partial charge in [-0.05, 0) is 43.5 Å². The van der Waals surface area contributed by atoms with E-state index < -0.39 is 0 Å². The molecule has 0 fully saturated rings. The van der Waals surface area contributed by atoms with Crippen molar-refractivity contribution in [1.82, 2.24) is 4.90 Å². The Balaban J connectivity index is 3.00. The van der Waals surface area contributed by atoms with E-state index in [1.54, 1.807) is 6.07 Å². The molecule has 0 aliphatic heterocycles. The Morgan fingerprint density at radius 1 is 1.38 bits per heavy atom. The third kappa shape index (κ3) is 2.99. The maximum atomic E-state index is 9.68. The van der Waals surface area contributed by atoms with Crippen molar-refractivity contribution < 1.29 is 5.11 Å². The molecule has 0 atom stereocenters. The quantitative estimate of drug-likeness (QED) is 0.625. The molecule has 0 saturated heterocycles. The van der Waals surface area contributed by atoms with Crippen molar-refractivity contribution in [2.24, 2.45) is 4.99 Å².